The molecule has 0 atom stereocenters. The van der Waals surface area contributed by atoms with E-state index in [9.17, 15) is 18.3 Å². The lowest BCUT2D eigenvalue weighted by atomic mass is 9.92. The quantitative estimate of drug-likeness (QED) is 0.769. The molecule has 0 bridgehead atoms. The first kappa shape index (κ1) is 15.1. The predicted molar refractivity (Wildman–Crippen MR) is 82.3 cm³/mol. The molecule has 2 N–H and O–H groups in total. The summed E-state index contributed by atoms with van der Waals surface area (Å²) in [6, 6.07) is 8.89. The van der Waals surface area contributed by atoms with Crippen molar-refractivity contribution in [1.29, 1.82) is 0 Å². The lowest BCUT2D eigenvalue weighted by Crippen LogP contribution is -2.11. The number of aliphatic hydroxyl groups is 1. The molecule has 4 rings (SSSR count). The van der Waals surface area contributed by atoms with Gasteiger partial charge in [-0.05, 0) is 35.6 Å². The summed E-state index contributed by atoms with van der Waals surface area (Å²) in [6.45, 7) is 0.0434. The molecule has 2 heterocycles. The summed E-state index contributed by atoms with van der Waals surface area (Å²) < 4.78 is 39.7. The first-order chi connectivity index (χ1) is 11.4. The van der Waals surface area contributed by atoms with Gasteiger partial charge in [0.1, 0.15) is 0 Å². The Labute approximate surface area is 135 Å². The average molecular weight is 333 g/mol. The van der Waals surface area contributed by atoms with Gasteiger partial charge < -0.3 is 5.11 Å². The van der Waals surface area contributed by atoms with Crippen molar-refractivity contribution in [3.8, 4) is 11.1 Å². The fourth-order valence-corrected chi connectivity index (χ4v) is 3.10. The van der Waals surface area contributed by atoms with Crippen LogP contribution in [-0.2, 0) is 11.6 Å². The van der Waals surface area contributed by atoms with E-state index in [1.807, 2.05) is 12.1 Å². The molecule has 7 heteroatoms. The molecule has 1 fully saturated rings. The summed E-state index contributed by atoms with van der Waals surface area (Å²) >= 11 is 0. The molecule has 0 radical (unpaired) electrons. The first-order valence-electron chi connectivity index (χ1n) is 7.57. The van der Waals surface area contributed by atoms with Gasteiger partial charge in [-0.2, -0.15) is 18.3 Å². The van der Waals surface area contributed by atoms with E-state index in [2.05, 4.69) is 15.2 Å². The van der Waals surface area contributed by atoms with Crippen molar-refractivity contribution < 1.29 is 18.3 Å². The number of fused-ring (bicyclic) bond motifs is 1. The van der Waals surface area contributed by atoms with Gasteiger partial charge in [-0.1, -0.05) is 24.3 Å². The molecule has 24 heavy (non-hydrogen) atoms. The van der Waals surface area contributed by atoms with E-state index in [4.69, 9.17) is 0 Å². The smallest absolute Gasteiger partial charge is 0.395 e. The highest BCUT2D eigenvalue weighted by atomic mass is 19.4. The maximum atomic E-state index is 13.2. The molecule has 0 unspecified atom stereocenters. The second-order valence-corrected chi connectivity index (χ2v) is 6.17. The van der Waals surface area contributed by atoms with Crippen LogP contribution in [0.25, 0.3) is 22.2 Å². The van der Waals surface area contributed by atoms with Crippen LogP contribution in [0.5, 0.6) is 0 Å². The predicted octanol–water partition coefficient (Wildman–Crippen LogP) is 3.67. The van der Waals surface area contributed by atoms with Crippen LogP contribution in [0, 0.1) is 0 Å². The molecule has 0 spiro atoms. The van der Waals surface area contributed by atoms with Crippen LogP contribution >= 0.6 is 0 Å². The van der Waals surface area contributed by atoms with Gasteiger partial charge in [0.25, 0.3) is 0 Å². The number of nitrogens with one attached hydrogen (secondary N) is 1. The lowest BCUT2D eigenvalue weighted by Gasteiger charge is -2.14. The van der Waals surface area contributed by atoms with Gasteiger partial charge in [0, 0.05) is 11.6 Å². The van der Waals surface area contributed by atoms with Gasteiger partial charge in [-0.25, -0.2) is 4.98 Å². The second-order valence-electron chi connectivity index (χ2n) is 6.17. The van der Waals surface area contributed by atoms with E-state index in [-0.39, 0.29) is 23.1 Å². The van der Waals surface area contributed by atoms with Crippen molar-refractivity contribution >= 4 is 11.0 Å². The Bertz CT molecular complexity index is 913. The van der Waals surface area contributed by atoms with E-state index in [1.165, 1.54) is 6.20 Å². The summed E-state index contributed by atoms with van der Waals surface area (Å²) in [7, 11) is 0. The van der Waals surface area contributed by atoms with E-state index < -0.39 is 11.9 Å². The molecule has 1 saturated carbocycles. The van der Waals surface area contributed by atoms with E-state index in [0.29, 0.717) is 11.1 Å². The topological polar surface area (TPSA) is 61.8 Å². The van der Waals surface area contributed by atoms with E-state index in [0.717, 1.165) is 18.4 Å². The van der Waals surface area contributed by atoms with Crippen LogP contribution in [0.1, 0.15) is 24.1 Å². The Morgan fingerprint density at radius 3 is 2.67 bits per heavy atom. The molecule has 1 aliphatic carbocycles. The van der Waals surface area contributed by atoms with Crippen LogP contribution in [0.2, 0.25) is 0 Å². The Morgan fingerprint density at radius 2 is 2.00 bits per heavy atom. The lowest BCUT2D eigenvalue weighted by molar-refractivity contribution is -0.139. The highest BCUT2D eigenvalue weighted by molar-refractivity contribution is 5.94. The van der Waals surface area contributed by atoms with Crippen molar-refractivity contribution in [2.75, 3.05) is 6.61 Å². The van der Waals surface area contributed by atoms with Gasteiger partial charge in [-0.15, -0.1) is 0 Å². The molecule has 0 aliphatic heterocycles. The number of H-pyrrole nitrogens is 1. The van der Waals surface area contributed by atoms with Crippen molar-refractivity contribution in [3.63, 3.8) is 0 Å². The molecule has 1 aliphatic rings. The van der Waals surface area contributed by atoms with Gasteiger partial charge in [0.05, 0.1) is 12.0 Å². The minimum absolute atomic E-state index is 0.0315. The minimum atomic E-state index is -4.56. The molecule has 124 valence electrons. The number of alkyl halides is 3. The molecule has 0 saturated heterocycles. The zero-order chi connectivity index (χ0) is 16.9. The fourth-order valence-electron chi connectivity index (χ4n) is 3.10. The van der Waals surface area contributed by atoms with Gasteiger partial charge in [0.15, 0.2) is 11.3 Å². The number of hydrogen-bond donors (Lipinski definition) is 2. The van der Waals surface area contributed by atoms with Crippen molar-refractivity contribution in [2.24, 2.45) is 0 Å². The van der Waals surface area contributed by atoms with Gasteiger partial charge in [0.2, 0.25) is 0 Å². The third-order valence-electron chi connectivity index (χ3n) is 4.67. The fraction of sp³-hybridized carbons (Fsp3) is 0.294. The number of aromatic amines is 1. The van der Waals surface area contributed by atoms with Crippen LogP contribution in [0.4, 0.5) is 13.2 Å². The Balaban J connectivity index is 1.91. The number of benzene rings is 1. The molecular weight excluding hydrogens is 319 g/mol. The zero-order valence-corrected chi connectivity index (χ0v) is 12.6. The van der Waals surface area contributed by atoms with Crippen molar-refractivity contribution in [2.45, 2.75) is 24.4 Å². The third-order valence-corrected chi connectivity index (χ3v) is 4.67. The summed E-state index contributed by atoms with van der Waals surface area (Å²) in [5, 5.41) is 15.3. The second kappa shape index (κ2) is 5.04. The Morgan fingerprint density at radius 1 is 1.21 bits per heavy atom. The number of aromatic nitrogens is 3. The van der Waals surface area contributed by atoms with E-state index >= 15 is 0 Å². The first-order valence-corrected chi connectivity index (χ1v) is 7.57. The molecule has 3 aromatic rings. The van der Waals surface area contributed by atoms with Crippen LogP contribution in [-0.4, -0.2) is 26.9 Å². The van der Waals surface area contributed by atoms with Crippen LogP contribution < -0.4 is 0 Å². The molecule has 1 aromatic carbocycles. The van der Waals surface area contributed by atoms with Gasteiger partial charge >= 0.3 is 6.18 Å². The average Bonchev–Trinajstić information content (AvgIpc) is 3.24. The summed E-state index contributed by atoms with van der Waals surface area (Å²) in [4.78, 5) is 3.94. The maximum Gasteiger partial charge on any atom is 0.435 e. The zero-order valence-electron chi connectivity index (χ0n) is 12.6. The Hall–Kier alpha value is -2.41. The molecular formula is C17H14F3N3O. The summed E-state index contributed by atoms with van der Waals surface area (Å²) in [5.74, 6) is 0. The maximum absolute atomic E-state index is 13.2. The summed E-state index contributed by atoms with van der Waals surface area (Å²) in [5.41, 5.74) is 0.932. The summed E-state index contributed by atoms with van der Waals surface area (Å²) in [6.07, 6.45) is -1.32. The van der Waals surface area contributed by atoms with E-state index in [1.54, 1.807) is 18.2 Å². The van der Waals surface area contributed by atoms with Crippen LogP contribution in [0.15, 0.2) is 36.5 Å². The number of nitrogens with zero attached hydrogens (tertiary/aromatic N) is 2. The standard InChI is InChI=1S/C17H14F3N3O/c18-17(19,20)14-13-12(4-7-21-15(13)23-22-14)10-2-1-3-11(8-10)16(9-24)5-6-16/h1-4,7-8,24H,5-6,9H2,(H,21,22,23). The number of aliphatic hydroxyl groups excluding tert-OH is 1. The normalized spacial score (nSPS) is 16.5. The number of hydrogen-bond acceptors (Lipinski definition) is 3. The van der Waals surface area contributed by atoms with Crippen LogP contribution in [0.3, 0.4) is 0 Å². The highest BCUT2D eigenvalue weighted by Crippen LogP contribution is 2.48. The van der Waals surface area contributed by atoms with Crippen molar-refractivity contribution in [3.05, 3.63) is 47.8 Å². The monoisotopic (exact) mass is 333 g/mol. The molecule has 0 amide bonds. The van der Waals surface area contributed by atoms with Gasteiger partial charge in [-0.3, -0.25) is 5.10 Å². The Kier molecular flexibility index (Phi) is 3.18. The third kappa shape index (κ3) is 2.27. The van der Waals surface area contributed by atoms with Crippen molar-refractivity contribution in [1.82, 2.24) is 15.2 Å². The number of pyridine rings is 1. The highest BCUT2D eigenvalue weighted by Gasteiger charge is 2.43. The minimum Gasteiger partial charge on any atom is -0.395 e. The number of halogens is 3. The molecule has 4 nitrogen and oxygen atoms in total. The molecule has 2 aromatic heterocycles. The largest absolute Gasteiger partial charge is 0.435 e. The SMILES string of the molecule is OCC1(c2cccc(-c3ccnc4[nH]nc(C(F)(F)F)c34)c2)CC1. The number of rotatable bonds is 3.